The van der Waals surface area contributed by atoms with Crippen LogP contribution in [0.1, 0.15) is 113 Å². The van der Waals surface area contributed by atoms with Gasteiger partial charge in [-0.05, 0) is 73.6 Å². The van der Waals surface area contributed by atoms with Crippen LogP contribution in [-0.4, -0.2) is 0 Å². The van der Waals surface area contributed by atoms with Gasteiger partial charge in [0.2, 0.25) is 0 Å². The van der Waals surface area contributed by atoms with Gasteiger partial charge >= 0.3 is 6.11 Å². The number of ether oxygens (including phenoxy) is 1. The zero-order valence-electron chi connectivity index (χ0n) is 20.7. The van der Waals surface area contributed by atoms with Crippen molar-refractivity contribution in [3.8, 4) is 0 Å². The number of benzene rings is 2. The second-order valence-electron chi connectivity index (χ2n) is 9.81. The molecule has 1 aliphatic rings. The van der Waals surface area contributed by atoms with Gasteiger partial charge in [0.15, 0.2) is 11.6 Å². The number of aryl methyl sites for hydroxylation is 1. The van der Waals surface area contributed by atoms with E-state index in [9.17, 15) is 17.6 Å². The summed E-state index contributed by atoms with van der Waals surface area (Å²) in [4.78, 5) is 0. The van der Waals surface area contributed by atoms with Gasteiger partial charge in [0, 0.05) is 0 Å². The van der Waals surface area contributed by atoms with Crippen molar-refractivity contribution in [2.24, 2.45) is 5.92 Å². The summed E-state index contributed by atoms with van der Waals surface area (Å²) >= 11 is 0. The fourth-order valence-corrected chi connectivity index (χ4v) is 5.15. The van der Waals surface area contributed by atoms with Gasteiger partial charge in [0.1, 0.15) is 0 Å². The number of rotatable bonds is 11. The molecule has 0 spiro atoms. The van der Waals surface area contributed by atoms with E-state index in [1.54, 1.807) is 12.1 Å². The number of unbranched alkanes of at least 4 members (excludes halogenated alkanes) is 2. The molecule has 1 fully saturated rings. The summed E-state index contributed by atoms with van der Waals surface area (Å²) in [6.07, 6.45) is 5.26. The molecule has 1 saturated carbocycles. The van der Waals surface area contributed by atoms with Gasteiger partial charge < -0.3 is 4.74 Å². The van der Waals surface area contributed by atoms with Crippen molar-refractivity contribution in [3.63, 3.8) is 0 Å². The molecule has 0 radical (unpaired) electrons. The largest absolute Gasteiger partial charge is 0.386 e. The van der Waals surface area contributed by atoms with Gasteiger partial charge in [-0.15, -0.1) is 0 Å². The van der Waals surface area contributed by atoms with E-state index < -0.39 is 29.4 Å². The summed E-state index contributed by atoms with van der Waals surface area (Å²) in [5.74, 6) is -2.16. The maximum atomic E-state index is 14.9. The quantitative estimate of drug-likeness (QED) is 0.231. The monoisotopic (exact) mass is 478 g/mol. The van der Waals surface area contributed by atoms with E-state index in [0.717, 1.165) is 50.2 Å². The summed E-state index contributed by atoms with van der Waals surface area (Å²) < 4.78 is 64.5. The molecule has 0 saturated heterocycles. The molecular formula is C29H38F4O. The van der Waals surface area contributed by atoms with E-state index in [1.807, 2.05) is 12.1 Å². The molecule has 1 unspecified atom stereocenters. The number of alkyl halides is 2. The summed E-state index contributed by atoms with van der Waals surface area (Å²) in [5, 5.41) is 0. The summed E-state index contributed by atoms with van der Waals surface area (Å²) in [6, 6.07) is 9.57. The van der Waals surface area contributed by atoms with Gasteiger partial charge in [0.25, 0.3) is 0 Å². The van der Waals surface area contributed by atoms with Crippen LogP contribution in [0, 0.1) is 17.6 Å². The molecule has 34 heavy (non-hydrogen) atoms. The summed E-state index contributed by atoms with van der Waals surface area (Å²) in [6.45, 7) is 5.74. The molecule has 1 atom stereocenters. The van der Waals surface area contributed by atoms with E-state index in [2.05, 4.69) is 13.8 Å². The maximum absolute atomic E-state index is 14.9. The molecule has 3 rings (SSSR count). The molecule has 0 amide bonds. The lowest BCUT2D eigenvalue weighted by Gasteiger charge is -2.29. The molecule has 5 heteroatoms. The molecule has 0 N–H and O–H groups in total. The van der Waals surface area contributed by atoms with E-state index in [-0.39, 0.29) is 11.5 Å². The van der Waals surface area contributed by atoms with Crippen LogP contribution in [0.15, 0.2) is 36.4 Å². The molecule has 1 nitrogen and oxygen atoms in total. The van der Waals surface area contributed by atoms with Crippen molar-refractivity contribution in [1.82, 2.24) is 0 Å². The third kappa shape index (κ3) is 6.62. The molecule has 0 bridgehead atoms. The Morgan fingerprint density at radius 3 is 2.18 bits per heavy atom. The van der Waals surface area contributed by atoms with Crippen LogP contribution >= 0.6 is 0 Å². The Kier molecular flexibility index (Phi) is 9.58. The summed E-state index contributed by atoms with van der Waals surface area (Å²) in [7, 11) is 0. The first kappa shape index (κ1) is 26.7. The van der Waals surface area contributed by atoms with Crippen LogP contribution in [0.5, 0.6) is 0 Å². The van der Waals surface area contributed by atoms with Gasteiger partial charge in [-0.3, -0.25) is 0 Å². The molecule has 1 aliphatic carbocycles. The third-order valence-corrected chi connectivity index (χ3v) is 7.24. The average Bonchev–Trinajstić information content (AvgIpc) is 2.82. The van der Waals surface area contributed by atoms with Crippen molar-refractivity contribution in [2.45, 2.75) is 103 Å². The summed E-state index contributed by atoms with van der Waals surface area (Å²) in [5.41, 5.74) is 0.844. The first-order valence-electron chi connectivity index (χ1n) is 12.9. The highest BCUT2D eigenvalue weighted by molar-refractivity contribution is 5.31. The molecule has 0 heterocycles. The lowest BCUT2D eigenvalue weighted by Crippen LogP contribution is -2.23. The van der Waals surface area contributed by atoms with Gasteiger partial charge in [-0.1, -0.05) is 76.3 Å². The SMILES string of the molecule is CCCCCC1CCC(c2ccc(C(F)(F)OC(C)c3ccc(CCC)cc3)c(F)c2F)CC1. The molecule has 0 aliphatic heterocycles. The first-order chi connectivity index (χ1) is 16.3. The standard InChI is InChI=1S/C29H38F4O/c1-4-6-7-9-22-12-16-24(17-13-22)25-18-19-26(28(31)27(25)30)29(32,33)34-20(3)23-14-10-21(8-5-2)11-15-23/h10-11,14-15,18-20,22,24H,4-9,12-13,16-17H2,1-3H3. The minimum atomic E-state index is -3.94. The van der Waals surface area contributed by atoms with Crippen LogP contribution in [-0.2, 0) is 17.3 Å². The first-order valence-corrected chi connectivity index (χ1v) is 12.9. The normalized spacial score (nSPS) is 19.9. The Hall–Kier alpha value is -1.88. The fraction of sp³-hybridized carbons (Fsp3) is 0.586. The van der Waals surface area contributed by atoms with Gasteiger partial charge in [-0.2, -0.15) is 8.78 Å². The van der Waals surface area contributed by atoms with E-state index in [4.69, 9.17) is 4.74 Å². The second-order valence-corrected chi connectivity index (χ2v) is 9.81. The highest BCUT2D eigenvalue weighted by atomic mass is 19.3. The van der Waals surface area contributed by atoms with Crippen molar-refractivity contribution >= 4 is 0 Å². The van der Waals surface area contributed by atoms with Crippen LogP contribution < -0.4 is 0 Å². The topological polar surface area (TPSA) is 9.23 Å². The zero-order chi connectivity index (χ0) is 24.7. The van der Waals surface area contributed by atoms with Crippen molar-refractivity contribution in [2.75, 3.05) is 0 Å². The van der Waals surface area contributed by atoms with Gasteiger partial charge in [0.05, 0.1) is 11.7 Å². The van der Waals surface area contributed by atoms with E-state index >= 15 is 0 Å². The molecule has 0 aromatic heterocycles. The van der Waals surface area contributed by atoms with Crippen molar-refractivity contribution < 1.29 is 22.3 Å². The lowest BCUT2D eigenvalue weighted by atomic mass is 9.76. The van der Waals surface area contributed by atoms with Crippen LogP contribution in [0.3, 0.4) is 0 Å². The Bertz CT molecular complexity index is 901. The zero-order valence-corrected chi connectivity index (χ0v) is 20.7. The van der Waals surface area contributed by atoms with Gasteiger partial charge in [-0.25, -0.2) is 8.78 Å². The Morgan fingerprint density at radius 1 is 0.882 bits per heavy atom. The molecule has 188 valence electrons. The van der Waals surface area contributed by atoms with Crippen LogP contribution in [0.25, 0.3) is 0 Å². The molecule has 2 aromatic carbocycles. The van der Waals surface area contributed by atoms with Crippen molar-refractivity contribution in [3.05, 3.63) is 70.3 Å². The van der Waals surface area contributed by atoms with E-state index in [0.29, 0.717) is 11.5 Å². The van der Waals surface area contributed by atoms with Crippen LogP contribution in [0.4, 0.5) is 17.6 Å². The maximum Gasteiger partial charge on any atom is 0.386 e. The molecular weight excluding hydrogens is 440 g/mol. The van der Waals surface area contributed by atoms with E-state index in [1.165, 1.54) is 38.7 Å². The minimum absolute atomic E-state index is 0.124. The number of hydrogen-bond acceptors (Lipinski definition) is 1. The predicted octanol–water partition coefficient (Wildman–Crippen LogP) is 9.60. The Labute approximate surface area is 201 Å². The fourth-order valence-electron chi connectivity index (χ4n) is 5.15. The number of halogens is 4. The Morgan fingerprint density at radius 2 is 1.56 bits per heavy atom. The smallest absolute Gasteiger partial charge is 0.309 e. The highest BCUT2D eigenvalue weighted by Crippen LogP contribution is 2.42. The average molecular weight is 479 g/mol. The lowest BCUT2D eigenvalue weighted by molar-refractivity contribution is -0.273. The van der Waals surface area contributed by atoms with Crippen molar-refractivity contribution in [1.29, 1.82) is 0 Å². The Balaban J connectivity index is 1.67. The molecule has 2 aromatic rings. The highest BCUT2D eigenvalue weighted by Gasteiger charge is 2.40. The number of hydrogen-bond donors (Lipinski definition) is 0. The third-order valence-electron chi connectivity index (χ3n) is 7.24. The predicted molar refractivity (Wildman–Crippen MR) is 129 cm³/mol. The minimum Gasteiger partial charge on any atom is -0.309 e. The second kappa shape index (κ2) is 12.2. The van der Waals surface area contributed by atoms with Crippen LogP contribution in [0.2, 0.25) is 0 Å².